The predicted octanol–water partition coefficient (Wildman–Crippen LogP) is 2.07. The van der Waals surface area contributed by atoms with Crippen LogP contribution in [0.3, 0.4) is 0 Å². The lowest BCUT2D eigenvalue weighted by molar-refractivity contribution is -0.140. The van der Waals surface area contributed by atoms with Gasteiger partial charge in [0.25, 0.3) is 0 Å². The summed E-state index contributed by atoms with van der Waals surface area (Å²) in [6, 6.07) is 0. The van der Waals surface area contributed by atoms with Gasteiger partial charge in [0.1, 0.15) is 6.10 Å². The fourth-order valence-electron chi connectivity index (χ4n) is 1.21. The standard InChI is InChI=1S/C10H14O2/c1-3-4-5-6-9-8(2)7-10(11)12-9/h3-6,8-9H,7H2,1-2H3/b4-3+,6-5+. The highest BCUT2D eigenvalue weighted by Gasteiger charge is 2.28. The van der Waals surface area contributed by atoms with E-state index in [4.69, 9.17) is 4.74 Å². The lowest BCUT2D eigenvalue weighted by Gasteiger charge is -2.06. The van der Waals surface area contributed by atoms with E-state index in [0.717, 1.165) is 0 Å². The summed E-state index contributed by atoms with van der Waals surface area (Å²) in [4.78, 5) is 10.8. The lowest BCUT2D eigenvalue weighted by atomic mass is 10.0. The van der Waals surface area contributed by atoms with Gasteiger partial charge in [-0.25, -0.2) is 0 Å². The molecule has 0 bridgehead atoms. The van der Waals surface area contributed by atoms with E-state index in [0.29, 0.717) is 12.3 Å². The largest absolute Gasteiger partial charge is 0.458 e. The number of rotatable bonds is 2. The Morgan fingerprint density at radius 3 is 2.75 bits per heavy atom. The molecule has 0 saturated carbocycles. The SMILES string of the molecule is C/C=C/C=C/C1OC(=O)CC1C. The van der Waals surface area contributed by atoms with Crippen LogP contribution in [0.4, 0.5) is 0 Å². The third kappa shape index (κ3) is 2.22. The Kier molecular flexibility index (Phi) is 3.09. The Bertz CT molecular complexity index is 216. The minimum atomic E-state index is -0.0855. The van der Waals surface area contributed by atoms with E-state index in [9.17, 15) is 4.79 Å². The van der Waals surface area contributed by atoms with Crippen molar-refractivity contribution < 1.29 is 9.53 Å². The highest BCUT2D eigenvalue weighted by atomic mass is 16.5. The van der Waals surface area contributed by atoms with E-state index in [2.05, 4.69) is 0 Å². The first kappa shape index (κ1) is 9.04. The molecule has 0 aromatic rings. The summed E-state index contributed by atoms with van der Waals surface area (Å²) in [5.74, 6) is 0.233. The normalized spacial score (nSPS) is 30.3. The Labute approximate surface area is 72.9 Å². The Balaban J connectivity index is 2.47. The van der Waals surface area contributed by atoms with Crippen molar-refractivity contribution in [2.75, 3.05) is 0 Å². The number of carbonyl (C=O) groups is 1. The molecule has 12 heavy (non-hydrogen) atoms. The predicted molar refractivity (Wildman–Crippen MR) is 47.6 cm³/mol. The molecule has 1 rings (SSSR count). The second-order valence-corrected chi connectivity index (χ2v) is 3.05. The van der Waals surface area contributed by atoms with Crippen LogP contribution in [-0.2, 0) is 9.53 Å². The summed E-state index contributed by atoms with van der Waals surface area (Å²) in [5, 5.41) is 0. The molecule has 0 aliphatic carbocycles. The number of hydrogen-bond donors (Lipinski definition) is 0. The van der Waals surface area contributed by atoms with Crippen molar-refractivity contribution in [2.24, 2.45) is 5.92 Å². The number of hydrogen-bond acceptors (Lipinski definition) is 2. The van der Waals surface area contributed by atoms with Gasteiger partial charge in [-0.15, -0.1) is 0 Å². The molecule has 1 fully saturated rings. The van der Waals surface area contributed by atoms with Crippen molar-refractivity contribution in [3.05, 3.63) is 24.3 Å². The molecule has 0 radical (unpaired) electrons. The van der Waals surface area contributed by atoms with Gasteiger partial charge in [-0.1, -0.05) is 25.2 Å². The van der Waals surface area contributed by atoms with Crippen molar-refractivity contribution in [3.8, 4) is 0 Å². The molecule has 2 nitrogen and oxygen atoms in total. The third-order valence-corrected chi connectivity index (χ3v) is 1.92. The van der Waals surface area contributed by atoms with E-state index in [-0.39, 0.29) is 12.1 Å². The van der Waals surface area contributed by atoms with Gasteiger partial charge < -0.3 is 4.74 Å². The molecule has 66 valence electrons. The zero-order valence-corrected chi connectivity index (χ0v) is 7.49. The van der Waals surface area contributed by atoms with E-state index >= 15 is 0 Å². The quantitative estimate of drug-likeness (QED) is 0.463. The van der Waals surface area contributed by atoms with Gasteiger partial charge in [0.2, 0.25) is 0 Å². The van der Waals surface area contributed by atoms with Crippen molar-refractivity contribution in [2.45, 2.75) is 26.4 Å². The average Bonchev–Trinajstić information content (AvgIpc) is 2.31. The molecule has 0 spiro atoms. The van der Waals surface area contributed by atoms with Crippen LogP contribution in [-0.4, -0.2) is 12.1 Å². The van der Waals surface area contributed by atoms with E-state index in [1.165, 1.54) is 0 Å². The first-order valence-electron chi connectivity index (χ1n) is 4.23. The molecule has 0 N–H and O–H groups in total. The Morgan fingerprint density at radius 1 is 1.50 bits per heavy atom. The molecular weight excluding hydrogens is 152 g/mol. The number of cyclic esters (lactones) is 1. The van der Waals surface area contributed by atoms with Crippen LogP contribution in [0.1, 0.15) is 20.3 Å². The van der Waals surface area contributed by atoms with Crippen molar-refractivity contribution >= 4 is 5.97 Å². The van der Waals surface area contributed by atoms with Crippen LogP contribution >= 0.6 is 0 Å². The summed E-state index contributed by atoms with van der Waals surface area (Å²) >= 11 is 0. The first-order chi connectivity index (χ1) is 5.74. The topological polar surface area (TPSA) is 26.3 Å². The van der Waals surface area contributed by atoms with E-state index < -0.39 is 0 Å². The summed E-state index contributed by atoms with van der Waals surface area (Å²) < 4.78 is 5.06. The van der Waals surface area contributed by atoms with Crippen molar-refractivity contribution in [1.29, 1.82) is 0 Å². The number of ether oxygens (including phenoxy) is 1. The minimum absolute atomic E-state index is 0.0197. The summed E-state index contributed by atoms with van der Waals surface area (Å²) in [7, 11) is 0. The van der Waals surface area contributed by atoms with Gasteiger partial charge in [0, 0.05) is 5.92 Å². The fraction of sp³-hybridized carbons (Fsp3) is 0.500. The molecule has 1 aliphatic rings. The van der Waals surface area contributed by atoms with E-state index in [1.54, 1.807) is 0 Å². The van der Waals surface area contributed by atoms with Crippen molar-refractivity contribution in [3.63, 3.8) is 0 Å². The zero-order chi connectivity index (χ0) is 8.97. The van der Waals surface area contributed by atoms with Crippen molar-refractivity contribution in [1.82, 2.24) is 0 Å². The Hall–Kier alpha value is -1.05. The molecule has 0 aromatic carbocycles. The number of esters is 1. The molecule has 0 amide bonds. The third-order valence-electron chi connectivity index (χ3n) is 1.92. The van der Waals surface area contributed by atoms with Crippen LogP contribution in [0.15, 0.2) is 24.3 Å². The molecule has 2 heteroatoms. The lowest BCUT2D eigenvalue weighted by Crippen LogP contribution is -2.08. The molecule has 0 aromatic heterocycles. The summed E-state index contributed by atoms with van der Waals surface area (Å²) in [6.45, 7) is 3.98. The first-order valence-corrected chi connectivity index (χ1v) is 4.23. The Morgan fingerprint density at radius 2 is 2.25 bits per heavy atom. The molecule has 1 aliphatic heterocycles. The summed E-state index contributed by atoms with van der Waals surface area (Å²) in [5.41, 5.74) is 0. The van der Waals surface area contributed by atoms with Gasteiger partial charge in [-0.3, -0.25) is 4.79 Å². The molecule has 2 unspecified atom stereocenters. The van der Waals surface area contributed by atoms with Crippen LogP contribution in [0.25, 0.3) is 0 Å². The fourth-order valence-corrected chi connectivity index (χ4v) is 1.21. The van der Waals surface area contributed by atoms with Gasteiger partial charge in [0.15, 0.2) is 0 Å². The van der Waals surface area contributed by atoms with Gasteiger partial charge >= 0.3 is 5.97 Å². The van der Waals surface area contributed by atoms with Crippen LogP contribution in [0.5, 0.6) is 0 Å². The molecule has 2 atom stereocenters. The van der Waals surface area contributed by atoms with Crippen LogP contribution < -0.4 is 0 Å². The van der Waals surface area contributed by atoms with Crippen LogP contribution in [0, 0.1) is 5.92 Å². The maximum absolute atomic E-state index is 10.8. The smallest absolute Gasteiger partial charge is 0.306 e. The monoisotopic (exact) mass is 166 g/mol. The highest BCUT2D eigenvalue weighted by Crippen LogP contribution is 2.22. The number of allylic oxidation sites excluding steroid dienone is 3. The summed E-state index contributed by atoms with van der Waals surface area (Å²) in [6.07, 6.45) is 8.24. The van der Waals surface area contributed by atoms with Crippen LogP contribution in [0.2, 0.25) is 0 Å². The average molecular weight is 166 g/mol. The molecule has 1 saturated heterocycles. The van der Waals surface area contributed by atoms with Gasteiger partial charge in [0.05, 0.1) is 6.42 Å². The second kappa shape index (κ2) is 4.10. The molecule has 1 heterocycles. The zero-order valence-electron chi connectivity index (χ0n) is 7.49. The maximum Gasteiger partial charge on any atom is 0.306 e. The maximum atomic E-state index is 10.8. The number of carbonyl (C=O) groups excluding carboxylic acids is 1. The molecular formula is C10H14O2. The van der Waals surface area contributed by atoms with Gasteiger partial charge in [-0.05, 0) is 13.0 Å². The van der Waals surface area contributed by atoms with E-state index in [1.807, 2.05) is 38.2 Å². The minimum Gasteiger partial charge on any atom is -0.458 e. The highest BCUT2D eigenvalue weighted by molar-refractivity contribution is 5.72. The van der Waals surface area contributed by atoms with Gasteiger partial charge in [-0.2, -0.15) is 0 Å². The second-order valence-electron chi connectivity index (χ2n) is 3.05.